The molecule has 0 aliphatic carbocycles. The Hall–Kier alpha value is -0.995. The van der Waals surface area contributed by atoms with Crippen molar-refractivity contribution in [2.75, 3.05) is 26.8 Å². The Bertz CT molecular complexity index is 356. The molecular formula is C17H28BNO2. The van der Waals surface area contributed by atoms with Gasteiger partial charge < -0.3 is 9.84 Å². The molecule has 3 nitrogen and oxygen atoms in total. The molecule has 0 saturated carbocycles. The summed E-state index contributed by atoms with van der Waals surface area (Å²) in [5.74, 6) is 0.936. The van der Waals surface area contributed by atoms with Crippen molar-refractivity contribution in [2.24, 2.45) is 0 Å². The number of hydrogen-bond acceptors (Lipinski definition) is 3. The van der Waals surface area contributed by atoms with Gasteiger partial charge in [-0.1, -0.05) is 44.1 Å². The first-order valence-electron chi connectivity index (χ1n) is 7.97. The molecule has 0 spiro atoms. The van der Waals surface area contributed by atoms with Gasteiger partial charge in [-0.2, -0.15) is 0 Å². The standard InChI is InChI=1S/C17H28BNO2/c1-19(12-13-20)15-16-7-9-17(10-8-16)21-14-6-4-2-3-5-11-18/h7-10,20H,2-6,11-15H2,1H3. The Morgan fingerprint density at radius 3 is 2.38 bits per heavy atom. The number of hydrogen-bond donors (Lipinski definition) is 1. The molecular weight excluding hydrogens is 261 g/mol. The van der Waals surface area contributed by atoms with E-state index in [9.17, 15) is 0 Å². The molecule has 0 heterocycles. The van der Waals surface area contributed by atoms with Crippen molar-refractivity contribution in [1.82, 2.24) is 4.90 Å². The number of ether oxygens (including phenoxy) is 1. The van der Waals surface area contributed by atoms with Crippen LogP contribution in [0.25, 0.3) is 0 Å². The lowest BCUT2D eigenvalue weighted by Gasteiger charge is -2.15. The fraction of sp³-hybridized carbons (Fsp3) is 0.647. The minimum atomic E-state index is 0.197. The first-order chi connectivity index (χ1) is 10.3. The number of unbranched alkanes of at least 4 members (excludes halogenated alkanes) is 4. The molecule has 1 rings (SSSR count). The predicted molar refractivity (Wildman–Crippen MR) is 89.0 cm³/mol. The number of aliphatic hydroxyl groups is 1. The van der Waals surface area contributed by atoms with Crippen LogP contribution in [0, 0.1) is 0 Å². The smallest absolute Gasteiger partial charge is 0.119 e. The van der Waals surface area contributed by atoms with Gasteiger partial charge in [0.15, 0.2) is 0 Å². The second-order valence-corrected chi connectivity index (χ2v) is 5.51. The Morgan fingerprint density at radius 1 is 1.05 bits per heavy atom. The SMILES string of the molecule is [B]CCCCCCCOc1ccc(CN(C)CCO)cc1. The van der Waals surface area contributed by atoms with Gasteiger partial charge in [-0.15, -0.1) is 0 Å². The first-order valence-corrected chi connectivity index (χ1v) is 7.97. The summed E-state index contributed by atoms with van der Waals surface area (Å²) in [6, 6.07) is 8.22. The topological polar surface area (TPSA) is 32.7 Å². The summed E-state index contributed by atoms with van der Waals surface area (Å²) in [6.45, 7) is 2.53. The largest absolute Gasteiger partial charge is 0.494 e. The highest BCUT2D eigenvalue weighted by atomic mass is 16.5. The lowest BCUT2D eigenvalue weighted by molar-refractivity contribution is 0.217. The summed E-state index contributed by atoms with van der Waals surface area (Å²) < 4.78 is 5.74. The van der Waals surface area contributed by atoms with E-state index in [0.717, 1.165) is 38.1 Å². The third-order valence-corrected chi connectivity index (χ3v) is 3.47. The summed E-state index contributed by atoms with van der Waals surface area (Å²) in [6.07, 6.45) is 6.72. The number of likely N-dealkylation sites (N-methyl/N-ethyl adjacent to an activating group) is 1. The van der Waals surface area contributed by atoms with E-state index in [4.69, 9.17) is 17.7 Å². The van der Waals surface area contributed by atoms with E-state index in [0.29, 0.717) is 6.54 Å². The summed E-state index contributed by atoms with van der Waals surface area (Å²) in [5, 5.41) is 8.88. The van der Waals surface area contributed by atoms with E-state index in [1.54, 1.807) is 0 Å². The molecule has 0 saturated heterocycles. The van der Waals surface area contributed by atoms with Gasteiger partial charge >= 0.3 is 0 Å². The Morgan fingerprint density at radius 2 is 1.71 bits per heavy atom. The van der Waals surface area contributed by atoms with Crippen LogP contribution in [0.2, 0.25) is 6.32 Å². The maximum atomic E-state index is 8.88. The molecule has 116 valence electrons. The van der Waals surface area contributed by atoms with Crippen molar-refractivity contribution >= 4 is 7.85 Å². The Kier molecular flexibility index (Phi) is 10.0. The lowest BCUT2D eigenvalue weighted by atomic mass is 9.99. The van der Waals surface area contributed by atoms with E-state index in [1.165, 1.54) is 24.8 Å². The van der Waals surface area contributed by atoms with Crippen molar-refractivity contribution in [3.05, 3.63) is 29.8 Å². The number of aliphatic hydroxyl groups excluding tert-OH is 1. The molecule has 0 fully saturated rings. The molecule has 21 heavy (non-hydrogen) atoms. The molecule has 0 aliphatic heterocycles. The Labute approximate surface area is 130 Å². The van der Waals surface area contributed by atoms with E-state index in [1.807, 2.05) is 19.2 Å². The summed E-state index contributed by atoms with van der Waals surface area (Å²) in [5.41, 5.74) is 1.24. The van der Waals surface area contributed by atoms with Crippen molar-refractivity contribution < 1.29 is 9.84 Å². The van der Waals surface area contributed by atoms with Crippen LogP contribution >= 0.6 is 0 Å². The molecule has 0 aliphatic rings. The minimum absolute atomic E-state index is 0.197. The molecule has 0 unspecified atom stereocenters. The van der Waals surface area contributed by atoms with Gasteiger partial charge in [0.2, 0.25) is 0 Å². The van der Waals surface area contributed by atoms with E-state index in [2.05, 4.69) is 17.0 Å². The van der Waals surface area contributed by atoms with E-state index >= 15 is 0 Å². The number of benzene rings is 1. The zero-order chi connectivity index (χ0) is 15.3. The van der Waals surface area contributed by atoms with Gasteiger partial charge in [0, 0.05) is 13.1 Å². The number of nitrogens with zero attached hydrogens (tertiary/aromatic N) is 1. The van der Waals surface area contributed by atoms with Crippen LogP contribution in [0.15, 0.2) is 24.3 Å². The van der Waals surface area contributed by atoms with Gasteiger partial charge in [-0.05, 0) is 31.2 Å². The molecule has 1 N–H and O–H groups in total. The van der Waals surface area contributed by atoms with Crippen LogP contribution in [0.5, 0.6) is 5.75 Å². The molecule has 0 atom stereocenters. The highest BCUT2D eigenvalue weighted by Crippen LogP contribution is 2.14. The summed E-state index contributed by atoms with van der Waals surface area (Å²) >= 11 is 0. The average Bonchev–Trinajstić information content (AvgIpc) is 2.48. The predicted octanol–water partition coefficient (Wildman–Crippen LogP) is 3.03. The molecule has 1 aromatic carbocycles. The van der Waals surface area contributed by atoms with Crippen LogP contribution in [0.3, 0.4) is 0 Å². The third kappa shape index (κ3) is 8.79. The fourth-order valence-electron chi connectivity index (χ4n) is 2.22. The molecule has 2 radical (unpaired) electrons. The van der Waals surface area contributed by atoms with Gasteiger partial charge in [-0.3, -0.25) is 4.90 Å². The van der Waals surface area contributed by atoms with Crippen molar-refractivity contribution in [3.63, 3.8) is 0 Å². The van der Waals surface area contributed by atoms with Crippen LogP contribution in [-0.2, 0) is 6.54 Å². The van der Waals surface area contributed by atoms with Crippen molar-refractivity contribution in [1.29, 1.82) is 0 Å². The highest BCUT2D eigenvalue weighted by molar-refractivity contribution is 6.08. The van der Waals surface area contributed by atoms with Crippen molar-refractivity contribution in [2.45, 2.75) is 45.0 Å². The van der Waals surface area contributed by atoms with Crippen LogP contribution in [-0.4, -0.2) is 44.7 Å². The fourth-order valence-corrected chi connectivity index (χ4v) is 2.22. The van der Waals surface area contributed by atoms with Gasteiger partial charge in [0.25, 0.3) is 0 Å². The maximum absolute atomic E-state index is 8.88. The van der Waals surface area contributed by atoms with Gasteiger partial charge in [-0.25, -0.2) is 0 Å². The average molecular weight is 289 g/mol. The van der Waals surface area contributed by atoms with Crippen LogP contribution < -0.4 is 4.74 Å². The molecule has 1 aromatic rings. The molecule has 0 bridgehead atoms. The van der Waals surface area contributed by atoms with Gasteiger partial charge in [0.1, 0.15) is 5.75 Å². The van der Waals surface area contributed by atoms with Gasteiger partial charge in [0.05, 0.1) is 21.1 Å². The molecule has 0 aromatic heterocycles. The maximum Gasteiger partial charge on any atom is 0.119 e. The van der Waals surface area contributed by atoms with E-state index in [-0.39, 0.29) is 6.61 Å². The number of rotatable bonds is 12. The highest BCUT2D eigenvalue weighted by Gasteiger charge is 2.00. The minimum Gasteiger partial charge on any atom is -0.494 e. The van der Waals surface area contributed by atoms with Crippen LogP contribution in [0.1, 0.15) is 37.7 Å². The lowest BCUT2D eigenvalue weighted by Crippen LogP contribution is -2.21. The molecule has 0 amide bonds. The quantitative estimate of drug-likeness (QED) is 0.474. The zero-order valence-electron chi connectivity index (χ0n) is 13.3. The summed E-state index contributed by atoms with van der Waals surface area (Å²) in [7, 11) is 7.47. The zero-order valence-corrected chi connectivity index (χ0v) is 13.3. The molecule has 4 heteroatoms. The van der Waals surface area contributed by atoms with E-state index < -0.39 is 0 Å². The summed E-state index contributed by atoms with van der Waals surface area (Å²) in [4.78, 5) is 2.09. The monoisotopic (exact) mass is 289 g/mol. The second-order valence-electron chi connectivity index (χ2n) is 5.51. The van der Waals surface area contributed by atoms with Crippen molar-refractivity contribution in [3.8, 4) is 5.75 Å². The normalized spacial score (nSPS) is 11.0. The second kappa shape index (κ2) is 11.6. The first kappa shape index (κ1) is 18.1. The van der Waals surface area contributed by atoms with Crippen LogP contribution in [0.4, 0.5) is 0 Å². The Balaban J connectivity index is 2.16. The third-order valence-electron chi connectivity index (χ3n) is 3.47.